The molecule has 2 aromatic heterocycles. The third kappa shape index (κ3) is 3.77. The van der Waals surface area contributed by atoms with Gasteiger partial charge in [-0.25, -0.2) is 4.79 Å². The second-order valence-corrected chi connectivity index (χ2v) is 10.4. The van der Waals surface area contributed by atoms with E-state index >= 15 is 0 Å². The van der Waals surface area contributed by atoms with Gasteiger partial charge in [-0.3, -0.25) is 9.36 Å². The summed E-state index contributed by atoms with van der Waals surface area (Å²) in [6.07, 6.45) is 0.458. The largest absolute Gasteiger partial charge is 0.480 e. The maximum Gasteiger partial charge on any atom is 0.327 e. The Morgan fingerprint density at radius 1 is 1.08 bits per heavy atom. The average molecular weight is 559 g/mol. The van der Waals surface area contributed by atoms with Gasteiger partial charge >= 0.3 is 5.97 Å². The number of hydrogen-bond donors (Lipinski definition) is 1. The molecule has 178 valence electrons. The van der Waals surface area contributed by atoms with Crippen molar-refractivity contribution in [1.82, 2.24) is 9.72 Å². The number of nitrogens with zero attached hydrogens (tertiary/aromatic N) is 2. The summed E-state index contributed by atoms with van der Waals surface area (Å²) in [7, 11) is 0. The Morgan fingerprint density at radius 3 is 2.64 bits per heavy atom. The lowest BCUT2D eigenvalue weighted by Gasteiger charge is -2.17. The number of carboxylic acids is 1. The summed E-state index contributed by atoms with van der Waals surface area (Å²) in [5, 5.41) is 16.9. The second kappa shape index (κ2) is 9.11. The Kier molecular flexibility index (Phi) is 5.78. The molecule has 0 spiro atoms. The number of aliphatic carboxylic acids is 1. The number of thioether (sulfide) groups is 1. The van der Waals surface area contributed by atoms with E-state index in [1.165, 1.54) is 16.3 Å². The predicted octanol–water partition coefficient (Wildman–Crippen LogP) is 6.41. The summed E-state index contributed by atoms with van der Waals surface area (Å²) in [5.41, 5.74) is 3.71. The van der Waals surface area contributed by atoms with Crippen LogP contribution in [-0.4, -0.2) is 26.6 Å². The van der Waals surface area contributed by atoms with E-state index in [0.717, 1.165) is 27.5 Å². The molecule has 1 aliphatic heterocycles. The Balaban J connectivity index is 1.59. The molecule has 1 unspecified atom stereocenters. The molecular weight excluding hydrogens is 540 g/mol. The normalized spacial score (nSPS) is 14.8. The van der Waals surface area contributed by atoms with Crippen LogP contribution in [0.3, 0.4) is 0 Å². The predicted molar refractivity (Wildman–Crippen MR) is 143 cm³/mol. The lowest BCUT2D eigenvalue weighted by atomic mass is 9.95. The third-order valence-electron chi connectivity index (χ3n) is 6.45. The van der Waals surface area contributed by atoms with Crippen molar-refractivity contribution in [2.24, 2.45) is 0 Å². The fourth-order valence-corrected chi connectivity index (χ4v) is 6.57. The van der Waals surface area contributed by atoms with E-state index in [1.807, 2.05) is 60.7 Å². The Labute approximate surface area is 218 Å². The number of benzene rings is 3. The van der Waals surface area contributed by atoms with E-state index in [0.29, 0.717) is 32.9 Å². The van der Waals surface area contributed by atoms with Gasteiger partial charge in [0.05, 0.1) is 15.1 Å². The molecule has 1 N–H and O–H groups in total. The zero-order valence-electron chi connectivity index (χ0n) is 18.8. The van der Waals surface area contributed by atoms with E-state index in [4.69, 9.17) is 4.52 Å². The van der Waals surface area contributed by atoms with Crippen LogP contribution in [0.1, 0.15) is 17.2 Å². The third-order valence-corrected chi connectivity index (χ3v) is 8.43. The molecule has 0 fully saturated rings. The number of pyridine rings is 1. The summed E-state index contributed by atoms with van der Waals surface area (Å²) in [6.45, 7) is 0. The smallest absolute Gasteiger partial charge is 0.327 e. The molecule has 0 bridgehead atoms. The Hall–Kier alpha value is -3.62. The molecule has 0 saturated heterocycles. The lowest BCUT2D eigenvalue weighted by Crippen LogP contribution is -2.30. The van der Waals surface area contributed by atoms with Gasteiger partial charge in [0.2, 0.25) is 0 Å². The second-order valence-electron chi connectivity index (χ2n) is 8.57. The van der Waals surface area contributed by atoms with Crippen LogP contribution in [0.2, 0.25) is 0 Å². The van der Waals surface area contributed by atoms with Crippen LogP contribution in [0, 0.1) is 0 Å². The van der Waals surface area contributed by atoms with E-state index in [-0.39, 0.29) is 11.3 Å². The average Bonchev–Trinajstić information content (AvgIpc) is 3.56. The van der Waals surface area contributed by atoms with Crippen LogP contribution in [-0.2, 0) is 11.2 Å². The highest BCUT2D eigenvalue weighted by atomic mass is 79.9. The molecule has 0 saturated carbocycles. The van der Waals surface area contributed by atoms with E-state index in [9.17, 15) is 14.7 Å². The van der Waals surface area contributed by atoms with Crippen LogP contribution in [0.15, 0.2) is 97.7 Å². The maximum atomic E-state index is 13.5. The van der Waals surface area contributed by atoms with Crippen molar-refractivity contribution in [3.05, 3.63) is 105 Å². The Morgan fingerprint density at radius 2 is 1.83 bits per heavy atom. The number of carboxylic acid groups (broad SMARTS) is 1. The zero-order chi connectivity index (χ0) is 24.8. The molecule has 6 nitrogen and oxygen atoms in total. The molecule has 3 aromatic carbocycles. The molecule has 0 amide bonds. The molecule has 6 rings (SSSR count). The highest BCUT2D eigenvalue weighted by Gasteiger charge is 2.36. The number of halogens is 1. The highest BCUT2D eigenvalue weighted by Crippen LogP contribution is 2.44. The summed E-state index contributed by atoms with van der Waals surface area (Å²) in [4.78, 5) is 25.4. The minimum Gasteiger partial charge on any atom is -0.480 e. The van der Waals surface area contributed by atoms with Gasteiger partial charge < -0.3 is 9.63 Å². The van der Waals surface area contributed by atoms with Gasteiger partial charge in [-0.2, -0.15) is 0 Å². The molecule has 0 aliphatic carbocycles. The monoisotopic (exact) mass is 558 g/mol. The molecular formula is C28H19BrN2O4S. The molecule has 1 aliphatic rings. The number of fused-ring (bicyclic) bond motifs is 2. The summed E-state index contributed by atoms with van der Waals surface area (Å²) < 4.78 is 7.54. The standard InChI is InChI=1S/C28H19BrN2O4S/c29-25-20(13-18-11-6-10-16-7-4-5-12-19(16)18)24(27-31(26(25)32)22(15-36-27)28(33)34)23-14-21(30-35-23)17-8-2-1-3-9-17/h1-12,14,22H,13,15H2,(H,33,34). The zero-order valence-corrected chi connectivity index (χ0v) is 21.3. The van der Waals surface area contributed by atoms with Crippen molar-refractivity contribution >= 4 is 44.4 Å². The number of carbonyl (C=O) groups is 1. The van der Waals surface area contributed by atoms with Crippen molar-refractivity contribution in [2.45, 2.75) is 17.5 Å². The van der Waals surface area contributed by atoms with Crippen LogP contribution in [0.4, 0.5) is 0 Å². The van der Waals surface area contributed by atoms with Crippen molar-refractivity contribution in [2.75, 3.05) is 5.75 Å². The topological polar surface area (TPSA) is 85.3 Å². The molecule has 0 radical (unpaired) electrons. The van der Waals surface area contributed by atoms with Crippen molar-refractivity contribution in [3.63, 3.8) is 0 Å². The molecule has 8 heteroatoms. The summed E-state index contributed by atoms with van der Waals surface area (Å²) >= 11 is 4.89. The van der Waals surface area contributed by atoms with Gasteiger partial charge in [0, 0.05) is 23.8 Å². The first kappa shape index (κ1) is 22.8. The van der Waals surface area contributed by atoms with E-state index in [2.05, 4.69) is 39.3 Å². The molecule has 3 heterocycles. The van der Waals surface area contributed by atoms with Crippen LogP contribution < -0.4 is 5.56 Å². The van der Waals surface area contributed by atoms with Gasteiger partial charge in [-0.15, -0.1) is 11.8 Å². The number of aromatic nitrogens is 2. The summed E-state index contributed by atoms with van der Waals surface area (Å²) in [6, 6.07) is 24.8. The fourth-order valence-electron chi connectivity index (χ4n) is 4.72. The Bertz CT molecular complexity index is 1690. The van der Waals surface area contributed by atoms with Crippen LogP contribution >= 0.6 is 27.7 Å². The van der Waals surface area contributed by atoms with Crippen molar-refractivity contribution in [1.29, 1.82) is 0 Å². The lowest BCUT2D eigenvalue weighted by molar-refractivity contribution is -0.140. The van der Waals surface area contributed by atoms with Gasteiger partial charge in [0.25, 0.3) is 5.56 Å². The van der Waals surface area contributed by atoms with Gasteiger partial charge in [-0.05, 0) is 37.8 Å². The van der Waals surface area contributed by atoms with E-state index < -0.39 is 12.0 Å². The molecule has 1 atom stereocenters. The summed E-state index contributed by atoms with van der Waals surface area (Å²) in [5.74, 6) is -0.279. The van der Waals surface area contributed by atoms with Crippen molar-refractivity contribution < 1.29 is 14.4 Å². The van der Waals surface area contributed by atoms with Crippen molar-refractivity contribution in [3.8, 4) is 22.6 Å². The van der Waals surface area contributed by atoms with Crippen LogP contribution in [0.5, 0.6) is 0 Å². The molecule has 5 aromatic rings. The SMILES string of the molecule is O=C(O)C1CSc2c(-c3cc(-c4ccccc4)no3)c(Cc3cccc4ccccc34)c(Br)c(=O)n21. The highest BCUT2D eigenvalue weighted by molar-refractivity contribution is 9.10. The number of hydrogen-bond acceptors (Lipinski definition) is 5. The quantitative estimate of drug-likeness (QED) is 0.268. The first-order chi connectivity index (χ1) is 17.5. The van der Waals surface area contributed by atoms with Gasteiger partial charge in [0.15, 0.2) is 5.76 Å². The number of rotatable bonds is 5. The first-order valence-electron chi connectivity index (χ1n) is 11.3. The minimum absolute atomic E-state index is 0.265. The maximum absolute atomic E-state index is 13.5. The minimum atomic E-state index is -1.04. The van der Waals surface area contributed by atoms with Gasteiger partial charge in [0.1, 0.15) is 11.7 Å². The van der Waals surface area contributed by atoms with Gasteiger partial charge in [-0.1, -0.05) is 78.0 Å². The molecule has 36 heavy (non-hydrogen) atoms. The van der Waals surface area contributed by atoms with Crippen LogP contribution in [0.25, 0.3) is 33.4 Å². The van der Waals surface area contributed by atoms with E-state index in [1.54, 1.807) is 0 Å². The first-order valence-corrected chi connectivity index (χ1v) is 13.1. The fraction of sp³-hybridized carbons (Fsp3) is 0.107.